The summed E-state index contributed by atoms with van der Waals surface area (Å²) in [6.45, 7) is 1.09. The van der Waals surface area contributed by atoms with E-state index in [-0.39, 0.29) is 17.7 Å². The molecule has 5 rings (SSSR count). The normalized spacial score (nSPS) is 14.4. The summed E-state index contributed by atoms with van der Waals surface area (Å²) in [6, 6.07) is 19.1. The number of H-pyrrole nitrogens is 1. The van der Waals surface area contributed by atoms with Crippen molar-refractivity contribution in [2.75, 3.05) is 18.4 Å². The zero-order valence-corrected chi connectivity index (χ0v) is 19.2. The van der Waals surface area contributed by atoms with E-state index in [0.29, 0.717) is 43.0 Å². The first-order valence-corrected chi connectivity index (χ1v) is 11.5. The van der Waals surface area contributed by atoms with Gasteiger partial charge in [0, 0.05) is 40.3 Å². The van der Waals surface area contributed by atoms with E-state index < -0.39 is 0 Å². The Hall–Kier alpha value is -3.59. The van der Waals surface area contributed by atoms with Gasteiger partial charge in [0.15, 0.2) is 0 Å². The van der Waals surface area contributed by atoms with Crippen LogP contribution in [0.4, 0.5) is 5.69 Å². The number of fused-ring (bicyclic) bond motifs is 1. The summed E-state index contributed by atoms with van der Waals surface area (Å²) in [5.74, 6) is 0.276. The maximum Gasteiger partial charge on any atom is 0.253 e. The molecule has 0 bridgehead atoms. The maximum atomic E-state index is 13.1. The van der Waals surface area contributed by atoms with Crippen LogP contribution >= 0.6 is 15.9 Å². The van der Waals surface area contributed by atoms with E-state index in [4.69, 9.17) is 0 Å². The monoisotopic (exact) mass is 504 g/mol. The van der Waals surface area contributed by atoms with Crippen molar-refractivity contribution in [3.63, 3.8) is 0 Å². The van der Waals surface area contributed by atoms with E-state index in [0.717, 1.165) is 20.8 Å². The molecule has 0 unspecified atom stereocenters. The first-order valence-electron chi connectivity index (χ1n) is 10.7. The predicted octanol–water partition coefficient (Wildman–Crippen LogP) is 4.27. The van der Waals surface area contributed by atoms with Gasteiger partial charge in [0.05, 0.1) is 0 Å². The fourth-order valence-electron chi connectivity index (χ4n) is 4.18. The van der Waals surface area contributed by atoms with Crippen molar-refractivity contribution in [3.8, 4) is 11.4 Å². The van der Waals surface area contributed by atoms with Crippen LogP contribution in [-0.2, 0) is 4.79 Å². The molecule has 8 nitrogen and oxygen atoms in total. The van der Waals surface area contributed by atoms with E-state index in [9.17, 15) is 9.59 Å². The highest BCUT2D eigenvalue weighted by molar-refractivity contribution is 9.10. The number of carbonyl (C=O) groups excluding carboxylic acids is 2. The van der Waals surface area contributed by atoms with Gasteiger partial charge in [-0.2, -0.15) is 5.21 Å². The standard InChI is InChI=1S/C24H21BrN6O2/c25-21-14-18(12-16-4-1-2-7-20(16)21)24(33)31-10-8-15(9-11-31)23(32)26-19-6-3-5-17(13-19)22-27-29-30-28-22/h1-7,12-15H,8-11H2,(H,26,32)(H,27,28,29,30). The van der Waals surface area contributed by atoms with Gasteiger partial charge in [-0.05, 0) is 53.1 Å². The number of carbonyl (C=O) groups is 2. The molecule has 166 valence electrons. The third-order valence-corrected chi connectivity index (χ3v) is 6.60. The molecule has 2 heterocycles. The quantitative estimate of drug-likeness (QED) is 0.431. The Morgan fingerprint density at radius 1 is 1.03 bits per heavy atom. The van der Waals surface area contributed by atoms with Gasteiger partial charge < -0.3 is 10.2 Å². The summed E-state index contributed by atoms with van der Waals surface area (Å²) in [6.07, 6.45) is 1.24. The van der Waals surface area contributed by atoms with Crippen molar-refractivity contribution in [2.45, 2.75) is 12.8 Å². The topological polar surface area (TPSA) is 104 Å². The lowest BCUT2D eigenvalue weighted by atomic mass is 9.95. The molecule has 1 aliphatic rings. The van der Waals surface area contributed by atoms with Crippen molar-refractivity contribution in [1.82, 2.24) is 25.5 Å². The minimum atomic E-state index is -0.147. The Morgan fingerprint density at radius 2 is 1.85 bits per heavy atom. The summed E-state index contributed by atoms with van der Waals surface area (Å²) in [5.41, 5.74) is 2.10. The van der Waals surface area contributed by atoms with Crippen LogP contribution in [0.1, 0.15) is 23.2 Å². The largest absolute Gasteiger partial charge is 0.339 e. The van der Waals surface area contributed by atoms with Gasteiger partial charge in [0.25, 0.3) is 5.91 Å². The highest BCUT2D eigenvalue weighted by Gasteiger charge is 2.28. The molecule has 2 N–H and O–H groups in total. The van der Waals surface area contributed by atoms with Gasteiger partial charge in [0.2, 0.25) is 11.7 Å². The van der Waals surface area contributed by atoms with Crippen LogP contribution in [0.3, 0.4) is 0 Å². The van der Waals surface area contributed by atoms with Gasteiger partial charge in [-0.1, -0.05) is 52.3 Å². The lowest BCUT2D eigenvalue weighted by Gasteiger charge is -2.31. The number of hydrogen-bond donors (Lipinski definition) is 2. The molecule has 4 aromatic rings. The highest BCUT2D eigenvalue weighted by atomic mass is 79.9. The molecule has 1 aliphatic heterocycles. The molecule has 0 radical (unpaired) electrons. The van der Waals surface area contributed by atoms with Crippen LogP contribution in [0.15, 0.2) is 65.1 Å². The second kappa shape index (κ2) is 9.11. The smallest absolute Gasteiger partial charge is 0.253 e. The number of rotatable bonds is 4. The van der Waals surface area contributed by atoms with Crippen molar-refractivity contribution in [3.05, 3.63) is 70.7 Å². The number of nitrogens with one attached hydrogen (secondary N) is 2. The molecule has 0 aliphatic carbocycles. The van der Waals surface area contributed by atoms with E-state index >= 15 is 0 Å². The molecule has 0 spiro atoms. The minimum Gasteiger partial charge on any atom is -0.339 e. The van der Waals surface area contributed by atoms with Crippen molar-refractivity contribution in [1.29, 1.82) is 0 Å². The summed E-state index contributed by atoms with van der Waals surface area (Å²) in [4.78, 5) is 27.8. The number of nitrogens with zero attached hydrogens (tertiary/aromatic N) is 4. The van der Waals surface area contributed by atoms with Crippen LogP contribution < -0.4 is 5.32 Å². The Kier molecular flexibility index (Phi) is 5.87. The van der Waals surface area contributed by atoms with E-state index in [1.54, 1.807) is 0 Å². The average molecular weight is 505 g/mol. The Morgan fingerprint density at radius 3 is 2.64 bits per heavy atom. The lowest BCUT2D eigenvalue weighted by molar-refractivity contribution is -0.121. The van der Waals surface area contributed by atoms with Crippen LogP contribution in [0, 0.1) is 5.92 Å². The second-order valence-corrected chi connectivity index (χ2v) is 8.91. The zero-order chi connectivity index (χ0) is 22.8. The number of likely N-dealkylation sites (tertiary alicyclic amines) is 1. The number of piperidine rings is 1. The first kappa shape index (κ1) is 21.3. The SMILES string of the molecule is O=C(Nc1cccc(-c2nn[nH]n2)c1)C1CCN(C(=O)c2cc(Br)c3ccccc3c2)CC1. The summed E-state index contributed by atoms with van der Waals surface area (Å²) in [5, 5.41) is 19.0. The molecule has 0 saturated carbocycles. The zero-order valence-electron chi connectivity index (χ0n) is 17.7. The number of hydrogen-bond acceptors (Lipinski definition) is 5. The number of aromatic amines is 1. The molecule has 1 saturated heterocycles. The maximum absolute atomic E-state index is 13.1. The van der Waals surface area contributed by atoms with Crippen LogP contribution in [0.25, 0.3) is 22.2 Å². The fourth-order valence-corrected chi connectivity index (χ4v) is 4.79. The molecule has 0 atom stereocenters. The number of halogens is 1. The predicted molar refractivity (Wildman–Crippen MR) is 129 cm³/mol. The summed E-state index contributed by atoms with van der Waals surface area (Å²) >= 11 is 3.58. The molecule has 1 aromatic heterocycles. The molecule has 1 fully saturated rings. The van der Waals surface area contributed by atoms with Gasteiger partial charge in [0.1, 0.15) is 0 Å². The fraction of sp³-hybridized carbons (Fsp3) is 0.208. The molecular formula is C24H21BrN6O2. The van der Waals surface area contributed by atoms with Crippen molar-refractivity contribution >= 4 is 44.2 Å². The number of aromatic nitrogens is 4. The Balaban J connectivity index is 1.22. The molecule has 3 aromatic carbocycles. The number of benzene rings is 3. The highest BCUT2D eigenvalue weighted by Crippen LogP contribution is 2.28. The average Bonchev–Trinajstić information content (AvgIpc) is 3.39. The van der Waals surface area contributed by atoms with Gasteiger partial charge >= 0.3 is 0 Å². The summed E-state index contributed by atoms with van der Waals surface area (Å²) in [7, 11) is 0. The third kappa shape index (κ3) is 4.49. The van der Waals surface area contributed by atoms with Gasteiger partial charge in [-0.3, -0.25) is 9.59 Å². The van der Waals surface area contributed by atoms with E-state index in [2.05, 4.69) is 41.9 Å². The molecular weight excluding hydrogens is 484 g/mol. The van der Waals surface area contributed by atoms with Crippen LogP contribution in [0.2, 0.25) is 0 Å². The lowest BCUT2D eigenvalue weighted by Crippen LogP contribution is -2.41. The molecule has 33 heavy (non-hydrogen) atoms. The molecule has 2 amide bonds. The van der Waals surface area contributed by atoms with Gasteiger partial charge in [-0.15, -0.1) is 10.2 Å². The van der Waals surface area contributed by atoms with Crippen molar-refractivity contribution < 1.29 is 9.59 Å². The van der Waals surface area contributed by atoms with Crippen LogP contribution in [0.5, 0.6) is 0 Å². The molecule has 9 heteroatoms. The van der Waals surface area contributed by atoms with Crippen molar-refractivity contribution in [2.24, 2.45) is 5.92 Å². The minimum absolute atomic E-state index is 0.00637. The Labute approximate surface area is 198 Å². The second-order valence-electron chi connectivity index (χ2n) is 8.05. The number of tetrazole rings is 1. The van der Waals surface area contributed by atoms with Crippen LogP contribution in [-0.4, -0.2) is 50.4 Å². The van der Waals surface area contributed by atoms with E-state index in [1.165, 1.54) is 0 Å². The Bertz CT molecular complexity index is 1320. The number of amides is 2. The first-order chi connectivity index (χ1) is 16.1. The van der Waals surface area contributed by atoms with E-state index in [1.807, 2.05) is 65.6 Å². The third-order valence-electron chi connectivity index (χ3n) is 5.94. The number of anilines is 1. The summed E-state index contributed by atoms with van der Waals surface area (Å²) < 4.78 is 0.904. The van der Waals surface area contributed by atoms with Gasteiger partial charge in [-0.25, -0.2) is 0 Å².